The van der Waals surface area contributed by atoms with E-state index in [0.29, 0.717) is 27.8 Å². The SMILES string of the molecule is COc1ccc(C(=O)NC(=S)Nc2ccc(N3CCN(Cc4ccccc4Cl)CC3)c(Cl)c2)cc1OC. The van der Waals surface area contributed by atoms with Gasteiger partial charge in [-0.2, -0.15) is 0 Å². The number of ether oxygens (including phenoxy) is 2. The maximum Gasteiger partial charge on any atom is 0.257 e. The molecule has 1 fully saturated rings. The van der Waals surface area contributed by atoms with E-state index in [0.717, 1.165) is 49.0 Å². The van der Waals surface area contributed by atoms with Gasteiger partial charge >= 0.3 is 0 Å². The van der Waals surface area contributed by atoms with Crippen molar-refractivity contribution in [1.29, 1.82) is 0 Å². The standard InChI is InChI=1S/C27H28Cl2N4O3S/c1-35-24-10-7-18(15-25(24)36-2)26(34)31-27(37)30-20-8-9-23(22(29)16-20)33-13-11-32(12-14-33)17-19-5-3-4-6-21(19)28/h3-10,15-16H,11-14,17H2,1-2H3,(H2,30,31,34,37). The van der Waals surface area contributed by atoms with Crippen LogP contribution in [0, 0.1) is 0 Å². The summed E-state index contributed by atoms with van der Waals surface area (Å²) in [6, 6.07) is 18.5. The van der Waals surface area contributed by atoms with E-state index in [2.05, 4.69) is 26.5 Å². The van der Waals surface area contributed by atoms with Gasteiger partial charge in [-0.15, -0.1) is 0 Å². The van der Waals surface area contributed by atoms with Gasteiger partial charge in [-0.05, 0) is 60.2 Å². The molecule has 4 rings (SSSR count). The van der Waals surface area contributed by atoms with Gasteiger partial charge in [-0.25, -0.2) is 0 Å². The van der Waals surface area contributed by atoms with E-state index in [9.17, 15) is 4.79 Å². The first-order chi connectivity index (χ1) is 17.9. The highest BCUT2D eigenvalue weighted by molar-refractivity contribution is 7.80. The summed E-state index contributed by atoms with van der Waals surface area (Å²) in [5, 5.41) is 7.27. The van der Waals surface area contributed by atoms with Crippen molar-refractivity contribution in [2.75, 3.05) is 50.6 Å². The van der Waals surface area contributed by atoms with E-state index in [-0.39, 0.29) is 11.0 Å². The fourth-order valence-electron chi connectivity index (χ4n) is 4.17. The van der Waals surface area contributed by atoms with Crippen LogP contribution < -0.4 is 25.0 Å². The van der Waals surface area contributed by atoms with Gasteiger partial charge < -0.3 is 19.7 Å². The average molecular weight is 560 g/mol. The molecular weight excluding hydrogens is 531 g/mol. The predicted octanol–water partition coefficient (Wildman–Crippen LogP) is 5.46. The molecule has 1 aliphatic heterocycles. The Kier molecular flexibility index (Phi) is 9.10. The Morgan fingerprint density at radius 3 is 2.32 bits per heavy atom. The third-order valence-corrected chi connectivity index (χ3v) is 7.02. The molecule has 3 aromatic carbocycles. The Morgan fingerprint density at radius 1 is 0.919 bits per heavy atom. The molecule has 7 nitrogen and oxygen atoms in total. The molecule has 0 saturated carbocycles. The van der Waals surface area contributed by atoms with Gasteiger partial charge in [0.05, 0.1) is 24.9 Å². The van der Waals surface area contributed by atoms with Crippen molar-refractivity contribution < 1.29 is 14.3 Å². The van der Waals surface area contributed by atoms with Crippen LogP contribution in [-0.2, 0) is 6.54 Å². The predicted molar refractivity (Wildman–Crippen MR) is 154 cm³/mol. The number of carbonyl (C=O) groups is 1. The van der Waals surface area contributed by atoms with Crippen LogP contribution in [0.1, 0.15) is 15.9 Å². The number of benzene rings is 3. The van der Waals surface area contributed by atoms with Gasteiger partial charge in [0, 0.05) is 49.0 Å². The molecule has 1 heterocycles. The Hall–Kier alpha value is -3.04. The van der Waals surface area contributed by atoms with E-state index >= 15 is 0 Å². The normalized spacial score (nSPS) is 13.7. The van der Waals surface area contributed by atoms with Crippen molar-refractivity contribution in [1.82, 2.24) is 10.2 Å². The smallest absolute Gasteiger partial charge is 0.257 e. The van der Waals surface area contributed by atoms with Gasteiger partial charge in [0.15, 0.2) is 16.6 Å². The highest BCUT2D eigenvalue weighted by atomic mass is 35.5. The molecule has 0 atom stereocenters. The third-order valence-electron chi connectivity index (χ3n) is 6.14. The summed E-state index contributed by atoms with van der Waals surface area (Å²) in [6.07, 6.45) is 0. The minimum absolute atomic E-state index is 0.164. The number of hydrogen-bond donors (Lipinski definition) is 2. The zero-order chi connectivity index (χ0) is 26.4. The van der Waals surface area contributed by atoms with E-state index in [1.165, 1.54) is 14.2 Å². The first-order valence-electron chi connectivity index (χ1n) is 11.7. The second-order valence-electron chi connectivity index (χ2n) is 8.50. The number of hydrogen-bond acceptors (Lipinski definition) is 6. The molecule has 194 valence electrons. The van der Waals surface area contributed by atoms with E-state index in [1.807, 2.05) is 36.4 Å². The molecule has 0 bridgehead atoms. The van der Waals surface area contributed by atoms with Crippen molar-refractivity contribution in [3.63, 3.8) is 0 Å². The number of anilines is 2. The van der Waals surface area contributed by atoms with Crippen molar-refractivity contribution in [3.8, 4) is 11.5 Å². The molecule has 1 saturated heterocycles. The summed E-state index contributed by atoms with van der Waals surface area (Å²) < 4.78 is 10.5. The summed E-state index contributed by atoms with van der Waals surface area (Å²) >= 11 is 18.3. The van der Waals surface area contributed by atoms with Crippen LogP contribution in [0.15, 0.2) is 60.7 Å². The van der Waals surface area contributed by atoms with Crippen LogP contribution >= 0.6 is 35.4 Å². The number of piperazine rings is 1. The molecule has 10 heteroatoms. The largest absolute Gasteiger partial charge is 0.493 e. The molecule has 3 aromatic rings. The van der Waals surface area contributed by atoms with E-state index in [1.54, 1.807) is 18.2 Å². The van der Waals surface area contributed by atoms with Crippen LogP contribution in [0.25, 0.3) is 0 Å². The number of rotatable bonds is 7. The number of amides is 1. The maximum absolute atomic E-state index is 12.6. The Balaban J connectivity index is 1.31. The number of thiocarbonyl (C=S) groups is 1. The molecule has 0 radical (unpaired) electrons. The monoisotopic (exact) mass is 558 g/mol. The molecule has 1 aliphatic rings. The molecule has 0 unspecified atom stereocenters. The number of halogens is 2. The van der Waals surface area contributed by atoms with E-state index in [4.69, 9.17) is 44.9 Å². The fourth-order valence-corrected chi connectivity index (χ4v) is 4.88. The van der Waals surface area contributed by atoms with Gasteiger partial charge in [0.25, 0.3) is 5.91 Å². The number of nitrogens with zero attached hydrogens (tertiary/aromatic N) is 2. The van der Waals surface area contributed by atoms with Crippen LogP contribution in [0.4, 0.5) is 11.4 Å². The zero-order valence-electron chi connectivity index (χ0n) is 20.6. The molecule has 1 amide bonds. The molecule has 0 aromatic heterocycles. The Bertz CT molecular complexity index is 1280. The minimum atomic E-state index is -0.365. The molecular formula is C27H28Cl2N4O3S. The summed E-state index contributed by atoms with van der Waals surface area (Å²) in [6.45, 7) is 4.37. The quantitative estimate of drug-likeness (QED) is 0.373. The van der Waals surface area contributed by atoms with Gasteiger partial charge in [-0.3, -0.25) is 15.0 Å². The van der Waals surface area contributed by atoms with Gasteiger partial charge in [0.2, 0.25) is 0 Å². The molecule has 2 N–H and O–H groups in total. The molecule has 37 heavy (non-hydrogen) atoms. The maximum atomic E-state index is 12.6. The first kappa shape index (κ1) is 27.0. The lowest BCUT2D eigenvalue weighted by Gasteiger charge is -2.36. The van der Waals surface area contributed by atoms with Crippen molar-refractivity contribution in [2.45, 2.75) is 6.54 Å². The lowest BCUT2D eigenvalue weighted by Crippen LogP contribution is -2.46. The summed E-state index contributed by atoms with van der Waals surface area (Å²) in [5.41, 5.74) is 3.18. The van der Waals surface area contributed by atoms with Crippen LogP contribution in [-0.4, -0.2) is 56.3 Å². The summed E-state index contributed by atoms with van der Waals surface area (Å²) in [5.74, 6) is 0.633. The number of methoxy groups -OCH3 is 2. The van der Waals surface area contributed by atoms with Crippen molar-refractivity contribution >= 4 is 57.8 Å². The van der Waals surface area contributed by atoms with Crippen molar-refractivity contribution in [3.05, 3.63) is 81.8 Å². The molecule has 0 aliphatic carbocycles. The summed E-state index contributed by atoms with van der Waals surface area (Å²) in [4.78, 5) is 17.3. The lowest BCUT2D eigenvalue weighted by atomic mass is 10.2. The Morgan fingerprint density at radius 2 is 1.65 bits per heavy atom. The minimum Gasteiger partial charge on any atom is -0.493 e. The van der Waals surface area contributed by atoms with Gasteiger partial charge in [-0.1, -0.05) is 41.4 Å². The highest BCUT2D eigenvalue weighted by Gasteiger charge is 2.20. The topological polar surface area (TPSA) is 66.1 Å². The third kappa shape index (κ3) is 6.84. The molecule has 0 spiro atoms. The van der Waals surface area contributed by atoms with E-state index < -0.39 is 0 Å². The summed E-state index contributed by atoms with van der Waals surface area (Å²) in [7, 11) is 3.05. The fraction of sp³-hybridized carbons (Fsp3) is 0.259. The zero-order valence-corrected chi connectivity index (χ0v) is 22.9. The lowest BCUT2D eigenvalue weighted by molar-refractivity contribution is 0.0977. The highest BCUT2D eigenvalue weighted by Crippen LogP contribution is 2.30. The number of carbonyl (C=O) groups excluding carboxylic acids is 1. The Labute approximate surface area is 232 Å². The van der Waals surface area contributed by atoms with Gasteiger partial charge in [0.1, 0.15) is 0 Å². The number of nitrogens with one attached hydrogen (secondary N) is 2. The van der Waals surface area contributed by atoms with Crippen LogP contribution in [0.3, 0.4) is 0 Å². The second-order valence-corrected chi connectivity index (χ2v) is 9.72. The van der Waals surface area contributed by atoms with Crippen LogP contribution in [0.2, 0.25) is 10.0 Å². The average Bonchev–Trinajstić information content (AvgIpc) is 2.90. The van der Waals surface area contributed by atoms with Crippen molar-refractivity contribution in [2.24, 2.45) is 0 Å². The van der Waals surface area contributed by atoms with Crippen LogP contribution in [0.5, 0.6) is 11.5 Å². The first-order valence-corrected chi connectivity index (χ1v) is 12.9. The second kappa shape index (κ2) is 12.5.